The summed E-state index contributed by atoms with van der Waals surface area (Å²) in [6.45, 7) is -0.649. The van der Waals surface area contributed by atoms with Crippen molar-refractivity contribution in [1.82, 2.24) is 4.90 Å². The van der Waals surface area contributed by atoms with Gasteiger partial charge in [-0.2, -0.15) is 0 Å². The summed E-state index contributed by atoms with van der Waals surface area (Å²) >= 11 is 1.97. The molecule has 0 unspecified atom stereocenters. The van der Waals surface area contributed by atoms with E-state index in [0.29, 0.717) is 0 Å². The minimum Gasteiger partial charge on any atom is -0.507 e. The van der Waals surface area contributed by atoms with Crippen molar-refractivity contribution >= 4 is 28.5 Å². The van der Waals surface area contributed by atoms with Crippen LogP contribution in [0.1, 0.15) is 10.4 Å². The van der Waals surface area contributed by atoms with Gasteiger partial charge in [0.15, 0.2) is 0 Å². The average Bonchev–Trinajstić information content (AvgIpc) is 2.19. The summed E-state index contributed by atoms with van der Waals surface area (Å²) in [6, 6.07) is 4.45. The third-order valence-corrected chi connectivity index (χ3v) is 2.62. The summed E-state index contributed by atoms with van der Waals surface area (Å²) in [5.41, 5.74) is 0.0371. The maximum absolute atomic E-state index is 12.1. The largest absolute Gasteiger partial charge is 0.507 e. The second kappa shape index (κ2) is 5.42. The van der Waals surface area contributed by atoms with Crippen molar-refractivity contribution in [3.05, 3.63) is 27.3 Å². The van der Waals surface area contributed by atoms with Crippen molar-refractivity contribution in [1.29, 1.82) is 0 Å². The summed E-state index contributed by atoms with van der Waals surface area (Å²) in [6.07, 6.45) is -2.58. The van der Waals surface area contributed by atoms with Crippen LogP contribution in [0.15, 0.2) is 18.2 Å². The zero-order valence-electron chi connectivity index (χ0n) is 8.45. The topological polar surface area (TPSA) is 40.5 Å². The van der Waals surface area contributed by atoms with Crippen molar-refractivity contribution in [2.24, 2.45) is 0 Å². The number of halogens is 3. The molecule has 0 atom stereocenters. The SMILES string of the molecule is CN(CC(F)F)C(=O)c1cc(I)ccc1O. The van der Waals surface area contributed by atoms with Gasteiger partial charge in [-0.3, -0.25) is 4.79 Å². The molecule has 1 rings (SSSR count). The Morgan fingerprint density at radius 3 is 2.75 bits per heavy atom. The number of alkyl halides is 2. The van der Waals surface area contributed by atoms with E-state index in [9.17, 15) is 18.7 Å². The van der Waals surface area contributed by atoms with Crippen LogP contribution in [0.25, 0.3) is 0 Å². The number of hydrogen-bond donors (Lipinski definition) is 1. The highest BCUT2D eigenvalue weighted by Gasteiger charge is 2.18. The van der Waals surface area contributed by atoms with Crippen LogP contribution in [0.2, 0.25) is 0 Å². The predicted molar refractivity (Wildman–Crippen MR) is 63.8 cm³/mol. The maximum Gasteiger partial charge on any atom is 0.257 e. The second-order valence-electron chi connectivity index (χ2n) is 3.24. The van der Waals surface area contributed by atoms with Gasteiger partial charge in [0.1, 0.15) is 5.75 Å². The Bertz CT molecular complexity index is 398. The molecule has 16 heavy (non-hydrogen) atoms. The Morgan fingerprint density at radius 1 is 1.56 bits per heavy atom. The molecule has 3 nitrogen and oxygen atoms in total. The molecule has 1 amide bonds. The van der Waals surface area contributed by atoms with E-state index in [2.05, 4.69) is 0 Å². The number of hydrogen-bond acceptors (Lipinski definition) is 2. The van der Waals surface area contributed by atoms with Gasteiger partial charge in [-0.05, 0) is 40.8 Å². The van der Waals surface area contributed by atoms with E-state index in [4.69, 9.17) is 0 Å². The van der Waals surface area contributed by atoms with Gasteiger partial charge in [0.05, 0.1) is 12.1 Å². The Hall–Kier alpha value is -0.920. The second-order valence-corrected chi connectivity index (χ2v) is 4.48. The molecule has 0 aliphatic rings. The van der Waals surface area contributed by atoms with Crippen molar-refractivity contribution < 1.29 is 18.7 Å². The average molecular weight is 341 g/mol. The maximum atomic E-state index is 12.1. The summed E-state index contributed by atoms with van der Waals surface area (Å²) in [5, 5.41) is 9.45. The highest BCUT2D eigenvalue weighted by Crippen LogP contribution is 2.21. The van der Waals surface area contributed by atoms with E-state index in [-0.39, 0.29) is 11.3 Å². The molecule has 1 aromatic carbocycles. The van der Waals surface area contributed by atoms with Gasteiger partial charge in [-0.1, -0.05) is 0 Å². The first-order valence-electron chi connectivity index (χ1n) is 4.44. The number of phenolic OH excluding ortho intramolecular Hbond substituents is 1. The smallest absolute Gasteiger partial charge is 0.257 e. The molecule has 88 valence electrons. The predicted octanol–water partition coefficient (Wildman–Crippen LogP) is 2.33. The Labute approximate surface area is 105 Å². The van der Waals surface area contributed by atoms with Crippen molar-refractivity contribution in [2.45, 2.75) is 6.43 Å². The van der Waals surface area contributed by atoms with Gasteiger partial charge in [0.25, 0.3) is 12.3 Å². The normalized spacial score (nSPS) is 10.6. The monoisotopic (exact) mass is 341 g/mol. The first-order valence-corrected chi connectivity index (χ1v) is 5.52. The van der Waals surface area contributed by atoms with Crippen molar-refractivity contribution in [3.8, 4) is 5.75 Å². The zero-order chi connectivity index (χ0) is 12.3. The number of rotatable bonds is 3. The molecule has 0 fully saturated rings. The van der Waals surface area contributed by atoms with E-state index in [1.54, 1.807) is 6.07 Å². The molecule has 0 aliphatic carbocycles. The summed E-state index contributed by atoms with van der Waals surface area (Å²) in [7, 11) is 1.27. The van der Waals surface area contributed by atoms with E-state index in [0.717, 1.165) is 8.47 Å². The summed E-state index contributed by atoms with van der Waals surface area (Å²) in [5.74, 6) is -0.817. The fourth-order valence-electron chi connectivity index (χ4n) is 1.18. The molecule has 0 aliphatic heterocycles. The molecular formula is C10H10F2INO2. The van der Waals surface area contributed by atoms with Crippen LogP contribution in [-0.4, -0.2) is 35.9 Å². The van der Waals surface area contributed by atoms with E-state index < -0.39 is 18.9 Å². The lowest BCUT2D eigenvalue weighted by atomic mass is 10.2. The molecule has 0 spiro atoms. The van der Waals surface area contributed by atoms with E-state index in [1.165, 1.54) is 19.2 Å². The Balaban J connectivity index is 2.91. The minimum atomic E-state index is -2.58. The van der Waals surface area contributed by atoms with Crippen LogP contribution in [0, 0.1) is 3.57 Å². The molecule has 0 heterocycles. The summed E-state index contributed by atoms with van der Waals surface area (Å²) < 4.78 is 24.9. The quantitative estimate of drug-likeness (QED) is 0.858. The lowest BCUT2D eigenvalue weighted by Crippen LogP contribution is -2.31. The minimum absolute atomic E-state index is 0.0371. The third kappa shape index (κ3) is 3.29. The number of carbonyl (C=O) groups excluding carboxylic acids is 1. The van der Waals surface area contributed by atoms with E-state index >= 15 is 0 Å². The number of nitrogens with zero attached hydrogens (tertiary/aromatic N) is 1. The molecule has 0 radical (unpaired) electrons. The van der Waals surface area contributed by atoms with Crippen LogP contribution in [-0.2, 0) is 0 Å². The van der Waals surface area contributed by atoms with Crippen molar-refractivity contribution in [3.63, 3.8) is 0 Å². The Kier molecular flexibility index (Phi) is 4.45. The number of phenols is 1. The molecule has 0 saturated heterocycles. The molecule has 0 bridgehead atoms. The zero-order valence-corrected chi connectivity index (χ0v) is 10.6. The van der Waals surface area contributed by atoms with Gasteiger partial charge in [0.2, 0.25) is 0 Å². The van der Waals surface area contributed by atoms with Gasteiger partial charge in [-0.25, -0.2) is 8.78 Å². The fourth-order valence-corrected chi connectivity index (χ4v) is 1.67. The molecule has 0 saturated carbocycles. The molecule has 1 N–H and O–H groups in total. The van der Waals surface area contributed by atoms with Gasteiger partial charge in [-0.15, -0.1) is 0 Å². The number of benzene rings is 1. The number of aromatic hydroxyl groups is 1. The van der Waals surface area contributed by atoms with Gasteiger partial charge < -0.3 is 10.0 Å². The lowest BCUT2D eigenvalue weighted by molar-refractivity contribution is 0.0617. The van der Waals surface area contributed by atoms with Crippen LogP contribution in [0.3, 0.4) is 0 Å². The first kappa shape index (κ1) is 13.1. The first-order chi connectivity index (χ1) is 7.41. The third-order valence-electron chi connectivity index (χ3n) is 1.95. The van der Waals surface area contributed by atoms with Crippen molar-refractivity contribution in [2.75, 3.05) is 13.6 Å². The molecule has 1 aromatic rings. The highest BCUT2D eigenvalue weighted by atomic mass is 127. The molecular weight excluding hydrogens is 331 g/mol. The van der Waals surface area contributed by atoms with Crippen LogP contribution >= 0.6 is 22.6 Å². The van der Waals surface area contributed by atoms with E-state index in [1.807, 2.05) is 22.6 Å². The lowest BCUT2D eigenvalue weighted by Gasteiger charge is -2.17. The number of carbonyl (C=O) groups is 1. The van der Waals surface area contributed by atoms with Crippen LogP contribution < -0.4 is 0 Å². The summed E-state index contributed by atoms with van der Waals surface area (Å²) in [4.78, 5) is 12.6. The van der Waals surface area contributed by atoms with Gasteiger partial charge >= 0.3 is 0 Å². The highest BCUT2D eigenvalue weighted by molar-refractivity contribution is 14.1. The number of amides is 1. The van der Waals surface area contributed by atoms with Crippen LogP contribution in [0.4, 0.5) is 8.78 Å². The molecule has 6 heteroatoms. The molecule has 0 aromatic heterocycles. The Morgan fingerprint density at radius 2 is 2.19 bits per heavy atom. The standard InChI is InChI=1S/C10H10F2INO2/c1-14(5-9(11)12)10(16)7-4-6(13)2-3-8(7)15/h2-4,9,15H,5H2,1H3. The fraction of sp³-hybridized carbons (Fsp3) is 0.300. The van der Waals surface area contributed by atoms with Crippen LogP contribution in [0.5, 0.6) is 5.75 Å². The van der Waals surface area contributed by atoms with Gasteiger partial charge in [0, 0.05) is 10.6 Å².